The van der Waals surface area contributed by atoms with Crippen LogP contribution in [0, 0.1) is 0 Å². The maximum absolute atomic E-state index is 11.9. The maximum Gasteiger partial charge on any atom is 0.250 e. The smallest absolute Gasteiger partial charge is 0.250 e. The van der Waals surface area contributed by atoms with Crippen molar-refractivity contribution in [3.05, 3.63) is 100.0 Å². The van der Waals surface area contributed by atoms with Gasteiger partial charge < -0.3 is 14.8 Å². The fraction of sp³-hybridized carbons (Fsp3) is 0.250. The van der Waals surface area contributed by atoms with E-state index in [-0.39, 0.29) is 5.56 Å². The summed E-state index contributed by atoms with van der Waals surface area (Å²) in [5.74, 6) is 0.928. The van der Waals surface area contributed by atoms with Gasteiger partial charge in [-0.2, -0.15) is 0 Å². The number of hydrogen-bond acceptors (Lipinski definition) is 2. The van der Waals surface area contributed by atoms with Crippen LogP contribution < -0.4 is 15.8 Å². The standard InChI is InChI=1S/C24H26N4O/c1-2-25-24(28-16-14-21-7-3-4-8-22(21)28)26-17-19-10-12-20(13-11-19)18-27-15-6-5-9-23(27)29/h3-13,15H,2,14,16-18H2,1H3,(H,25,26). The van der Waals surface area contributed by atoms with E-state index in [9.17, 15) is 4.79 Å². The van der Waals surface area contributed by atoms with Gasteiger partial charge in [0, 0.05) is 31.0 Å². The van der Waals surface area contributed by atoms with Crippen LogP contribution >= 0.6 is 0 Å². The molecule has 3 aromatic rings. The third-order valence-electron chi connectivity index (χ3n) is 5.16. The molecule has 4 rings (SSSR count). The molecule has 0 amide bonds. The van der Waals surface area contributed by atoms with E-state index < -0.39 is 0 Å². The number of para-hydroxylation sites is 1. The van der Waals surface area contributed by atoms with Crippen LogP contribution in [0.3, 0.4) is 0 Å². The Kier molecular flexibility index (Phi) is 5.75. The second kappa shape index (κ2) is 8.78. The van der Waals surface area contributed by atoms with E-state index >= 15 is 0 Å². The molecule has 0 fully saturated rings. The summed E-state index contributed by atoms with van der Waals surface area (Å²) < 4.78 is 1.71. The molecule has 1 aliphatic rings. The van der Waals surface area contributed by atoms with Crippen LogP contribution in [0.25, 0.3) is 0 Å². The van der Waals surface area contributed by atoms with Crippen LogP contribution in [0.5, 0.6) is 0 Å². The van der Waals surface area contributed by atoms with Gasteiger partial charge in [0.2, 0.25) is 0 Å². The lowest BCUT2D eigenvalue weighted by Crippen LogP contribution is -2.40. The van der Waals surface area contributed by atoms with Crippen molar-refractivity contribution in [1.29, 1.82) is 0 Å². The number of anilines is 1. The van der Waals surface area contributed by atoms with Crippen LogP contribution in [0.15, 0.2) is 82.7 Å². The van der Waals surface area contributed by atoms with Crippen molar-refractivity contribution in [2.45, 2.75) is 26.4 Å². The minimum atomic E-state index is 0.0161. The highest BCUT2D eigenvalue weighted by molar-refractivity contribution is 5.97. The molecule has 0 radical (unpaired) electrons. The first-order valence-electron chi connectivity index (χ1n) is 10.1. The Labute approximate surface area is 171 Å². The fourth-order valence-electron chi connectivity index (χ4n) is 3.66. The minimum absolute atomic E-state index is 0.0161. The summed E-state index contributed by atoms with van der Waals surface area (Å²) in [7, 11) is 0. The summed E-state index contributed by atoms with van der Waals surface area (Å²) >= 11 is 0. The number of nitrogens with one attached hydrogen (secondary N) is 1. The number of guanidine groups is 1. The lowest BCUT2D eigenvalue weighted by Gasteiger charge is -2.22. The van der Waals surface area contributed by atoms with E-state index in [0.717, 1.165) is 36.6 Å². The van der Waals surface area contributed by atoms with E-state index in [1.165, 1.54) is 11.3 Å². The molecule has 1 N–H and O–H groups in total. The number of hydrogen-bond donors (Lipinski definition) is 1. The van der Waals surface area contributed by atoms with Crippen molar-refractivity contribution in [2.75, 3.05) is 18.0 Å². The molecule has 2 aromatic carbocycles. The van der Waals surface area contributed by atoms with E-state index in [1.807, 2.05) is 12.3 Å². The van der Waals surface area contributed by atoms with E-state index in [0.29, 0.717) is 13.1 Å². The second-order valence-corrected chi connectivity index (χ2v) is 7.18. The van der Waals surface area contributed by atoms with Crippen molar-refractivity contribution < 1.29 is 0 Å². The van der Waals surface area contributed by atoms with Crippen molar-refractivity contribution in [2.24, 2.45) is 4.99 Å². The number of benzene rings is 2. The van der Waals surface area contributed by atoms with Crippen molar-refractivity contribution in [3.8, 4) is 0 Å². The van der Waals surface area contributed by atoms with Crippen molar-refractivity contribution in [1.82, 2.24) is 9.88 Å². The van der Waals surface area contributed by atoms with Gasteiger partial charge in [0.15, 0.2) is 5.96 Å². The van der Waals surface area contributed by atoms with Gasteiger partial charge in [0.1, 0.15) is 0 Å². The zero-order valence-corrected chi connectivity index (χ0v) is 16.7. The first kappa shape index (κ1) is 19.0. The monoisotopic (exact) mass is 386 g/mol. The first-order valence-corrected chi connectivity index (χ1v) is 10.1. The third-order valence-corrected chi connectivity index (χ3v) is 5.16. The van der Waals surface area contributed by atoms with Gasteiger partial charge in [-0.15, -0.1) is 0 Å². The van der Waals surface area contributed by atoms with Gasteiger partial charge >= 0.3 is 0 Å². The molecule has 0 spiro atoms. The van der Waals surface area contributed by atoms with Gasteiger partial charge in [0.05, 0.1) is 13.1 Å². The van der Waals surface area contributed by atoms with Gasteiger partial charge in [-0.1, -0.05) is 48.5 Å². The third kappa shape index (κ3) is 4.40. The molecule has 5 heteroatoms. The molecular weight excluding hydrogens is 360 g/mol. The van der Waals surface area contributed by atoms with Crippen molar-refractivity contribution >= 4 is 11.6 Å². The summed E-state index contributed by atoms with van der Waals surface area (Å²) in [6.45, 7) is 5.08. The van der Waals surface area contributed by atoms with Crippen LogP contribution in [-0.2, 0) is 19.5 Å². The molecule has 29 heavy (non-hydrogen) atoms. The lowest BCUT2D eigenvalue weighted by atomic mass is 10.1. The van der Waals surface area contributed by atoms with Gasteiger partial charge in [0.25, 0.3) is 5.56 Å². The Bertz CT molecular complexity index is 1050. The number of rotatable bonds is 5. The molecule has 1 aromatic heterocycles. The highest BCUT2D eigenvalue weighted by Crippen LogP contribution is 2.27. The Morgan fingerprint density at radius 2 is 1.76 bits per heavy atom. The Hall–Kier alpha value is -3.34. The van der Waals surface area contributed by atoms with E-state index in [4.69, 9.17) is 4.99 Å². The summed E-state index contributed by atoms with van der Waals surface area (Å²) in [4.78, 5) is 19.0. The predicted octanol–water partition coefficient (Wildman–Crippen LogP) is 3.42. The van der Waals surface area contributed by atoms with Gasteiger partial charge in [-0.3, -0.25) is 4.79 Å². The van der Waals surface area contributed by atoms with E-state index in [1.54, 1.807) is 16.7 Å². The number of nitrogens with zero attached hydrogens (tertiary/aromatic N) is 3. The lowest BCUT2D eigenvalue weighted by molar-refractivity contribution is 0.759. The number of pyridine rings is 1. The first-order chi connectivity index (χ1) is 14.2. The molecule has 0 atom stereocenters. The Balaban J connectivity index is 1.47. The van der Waals surface area contributed by atoms with Crippen LogP contribution in [0.2, 0.25) is 0 Å². The molecule has 0 bridgehead atoms. The molecule has 1 aliphatic heterocycles. The number of aromatic nitrogens is 1. The largest absolute Gasteiger partial charge is 0.356 e. The van der Waals surface area contributed by atoms with Crippen LogP contribution in [0.1, 0.15) is 23.6 Å². The molecule has 0 unspecified atom stereocenters. The van der Waals surface area contributed by atoms with Crippen molar-refractivity contribution in [3.63, 3.8) is 0 Å². The molecule has 5 nitrogen and oxygen atoms in total. The van der Waals surface area contributed by atoms with Crippen LogP contribution in [0.4, 0.5) is 5.69 Å². The van der Waals surface area contributed by atoms with Gasteiger partial charge in [-0.25, -0.2) is 4.99 Å². The molecule has 2 heterocycles. The topological polar surface area (TPSA) is 49.6 Å². The Morgan fingerprint density at radius 3 is 2.55 bits per heavy atom. The normalized spacial score (nSPS) is 13.4. The molecule has 148 valence electrons. The predicted molar refractivity (Wildman–Crippen MR) is 119 cm³/mol. The summed E-state index contributed by atoms with van der Waals surface area (Å²) in [6.07, 6.45) is 2.87. The molecule has 0 saturated carbocycles. The average Bonchev–Trinajstić information content (AvgIpc) is 3.18. The maximum atomic E-state index is 11.9. The average molecular weight is 386 g/mol. The fourth-order valence-corrected chi connectivity index (χ4v) is 3.66. The molecule has 0 aliphatic carbocycles. The zero-order valence-electron chi connectivity index (χ0n) is 16.7. The second-order valence-electron chi connectivity index (χ2n) is 7.18. The van der Waals surface area contributed by atoms with Crippen LogP contribution in [-0.4, -0.2) is 23.6 Å². The van der Waals surface area contributed by atoms with E-state index in [2.05, 4.69) is 65.7 Å². The highest BCUT2D eigenvalue weighted by Gasteiger charge is 2.22. The highest BCUT2D eigenvalue weighted by atomic mass is 16.1. The summed E-state index contributed by atoms with van der Waals surface area (Å²) in [5.41, 5.74) is 4.89. The molecule has 0 saturated heterocycles. The Morgan fingerprint density at radius 1 is 1.00 bits per heavy atom. The SMILES string of the molecule is CCNC(=NCc1ccc(Cn2ccccc2=O)cc1)N1CCc2ccccc21. The summed E-state index contributed by atoms with van der Waals surface area (Å²) in [6, 6.07) is 22.1. The minimum Gasteiger partial charge on any atom is -0.356 e. The van der Waals surface area contributed by atoms with Gasteiger partial charge in [-0.05, 0) is 42.2 Å². The quantitative estimate of drug-likeness (QED) is 0.540. The molecular formula is C24H26N4O. The number of fused-ring (bicyclic) bond motifs is 1. The zero-order chi connectivity index (χ0) is 20.1. The summed E-state index contributed by atoms with van der Waals surface area (Å²) in [5, 5.41) is 3.42. The number of aliphatic imine (C=N–C) groups is 1.